The Kier molecular flexibility index (Phi) is 6.13. The molecule has 1 atom stereocenters. The van der Waals surface area contributed by atoms with E-state index in [2.05, 4.69) is 39.3 Å². The molecule has 2 heterocycles. The Balaban J connectivity index is 1.52. The van der Waals surface area contributed by atoms with Crippen LogP contribution in [0.2, 0.25) is 0 Å². The molecule has 27 heavy (non-hydrogen) atoms. The number of aromatic nitrogens is 1. The first-order chi connectivity index (χ1) is 13.0. The number of benzene rings is 1. The molecule has 7 nitrogen and oxygen atoms in total. The van der Waals surface area contributed by atoms with Gasteiger partial charge in [-0.3, -0.25) is 19.9 Å². The summed E-state index contributed by atoms with van der Waals surface area (Å²) in [6.07, 6.45) is 0. The van der Waals surface area contributed by atoms with Crippen LogP contribution in [0.3, 0.4) is 0 Å². The van der Waals surface area contributed by atoms with Crippen LogP contribution in [0.15, 0.2) is 28.8 Å². The van der Waals surface area contributed by atoms with Gasteiger partial charge in [-0.2, -0.15) is 0 Å². The van der Waals surface area contributed by atoms with Crippen molar-refractivity contribution in [1.82, 2.24) is 15.0 Å². The second kappa shape index (κ2) is 8.54. The van der Waals surface area contributed by atoms with E-state index in [1.165, 1.54) is 11.1 Å². The number of hydrogen-bond donors (Lipinski definition) is 1. The molecule has 1 aliphatic heterocycles. The number of anilines is 1. The minimum absolute atomic E-state index is 0.0695. The average molecular weight is 372 g/mol. The summed E-state index contributed by atoms with van der Waals surface area (Å²) in [5.74, 6) is 1.26. The molecule has 1 aromatic heterocycles. The molecular formula is C20H28N4O3. The number of piperazine rings is 1. The van der Waals surface area contributed by atoms with Crippen molar-refractivity contribution in [2.45, 2.75) is 33.4 Å². The van der Waals surface area contributed by atoms with Crippen LogP contribution in [-0.2, 0) is 11.3 Å². The maximum absolute atomic E-state index is 12.4. The molecule has 0 spiro atoms. The zero-order chi connectivity index (χ0) is 19.4. The highest BCUT2D eigenvalue weighted by Crippen LogP contribution is 2.22. The van der Waals surface area contributed by atoms with Gasteiger partial charge in [0, 0.05) is 44.4 Å². The molecule has 2 aromatic rings. The molecule has 7 heteroatoms. The summed E-state index contributed by atoms with van der Waals surface area (Å²) in [6.45, 7) is 10.2. The predicted molar refractivity (Wildman–Crippen MR) is 104 cm³/mol. The fourth-order valence-electron chi connectivity index (χ4n) is 3.39. The lowest BCUT2D eigenvalue weighted by Gasteiger charge is -2.37. The fraction of sp³-hybridized carbons (Fsp3) is 0.500. The molecule has 0 radical (unpaired) electrons. The summed E-state index contributed by atoms with van der Waals surface area (Å²) in [5.41, 5.74) is 3.19. The summed E-state index contributed by atoms with van der Waals surface area (Å²) in [7, 11) is 1.71. The number of aryl methyl sites for hydroxylation is 2. The number of nitrogens with one attached hydrogen (secondary N) is 1. The van der Waals surface area contributed by atoms with Gasteiger partial charge in [0.25, 0.3) is 0 Å². The maximum Gasteiger partial charge on any atom is 0.243 e. The van der Waals surface area contributed by atoms with E-state index in [9.17, 15) is 4.79 Å². The molecule has 0 aliphatic carbocycles. The van der Waals surface area contributed by atoms with E-state index in [0.29, 0.717) is 5.88 Å². The van der Waals surface area contributed by atoms with Crippen LogP contribution in [-0.4, -0.2) is 60.2 Å². The average Bonchev–Trinajstić information content (AvgIpc) is 3.06. The zero-order valence-electron chi connectivity index (χ0n) is 16.5. The molecule has 1 unspecified atom stereocenters. The van der Waals surface area contributed by atoms with Gasteiger partial charge in [-0.15, -0.1) is 0 Å². The Morgan fingerprint density at radius 2 is 2.00 bits per heavy atom. The number of carbonyl (C=O) groups is 1. The van der Waals surface area contributed by atoms with Gasteiger partial charge in [-0.1, -0.05) is 22.9 Å². The van der Waals surface area contributed by atoms with Gasteiger partial charge < -0.3 is 9.26 Å². The number of nitrogens with zero attached hydrogens (tertiary/aromatic N) is 3. The monoisotopic (exact) mass is 372 g/mol. The molecule has 0 saturated carbocycles. The van der Waals surface area contributed by atoms with Crippen LogP contribution in [0.4, 0.5) is 5.88 Å². The summed E-state index contributed by atoms with van der Waals surface area (Å²) >= 11 is 0. The number of methoxy groups -OCH3 is 1. The second-order valence-electron chi connectivity index (χ2n) is 7.13. The molecule has 146 valence electrons. The van der Waals surface area contributed by atoms with Crippen molar-refractivity contribution < 1.29 is 14.1 Å². The third-order valence-electron chi connectivity index (χ3n) is 5.04. The number of carbonyl (C=O) groups excluding carboxylic acids is 1. The van der Waals surface area contributed by atoms with Gasteiger partial charge >= 0.3 is 0 Å². The standard InChI is InChI=1S/C20H28N4O3/c1-14-5-6-18(26-4)17(11-14)13-23-7-9-24(10-8-23)16(3)20(25)21-19-12-15(2)22-27-19/h5-6,11-12,16H,7-10,13H2,1-4H3,(H,21,25). The van der Waals surface area contributed by atoms with Gasteiger partial charge in [-0.25, -0.2) is 0 Å². The second-order valence-corrected chi connectivity index (χ2v) is 7.13. The molecular weight excluding hydrogens is 344 g/mol. The minimum Gasteiger partial charge on any atom is -0.496 e. The van der Waals surface area contributed by atoms with E-state index in [4.69, 9.17) is 9.26 Å². The lowest BCUT2D eigenvalue weighted by atomic mass is 10.1. The highest BCUT2D eigenvalue weighted by molar-refractivity contribution is 5.93. The molecule has 1 aromatic carbocycles. The van der Waals surface area contributed by atoms with Crippen molar-refractivity contribution in [2.75, 3.05) is 38.6 Å². The van der Waals surface area contributed by atoms with Gasteiger partial charge in [0.05, 0.1) is 18.8 Å². The minimum atomic E-state index is -0.217. The van der Waals surface area contributed by atoms with E-state index >= 15 is 0 Å². The number of hydrogen-bond acceptors (Lipinski definition) is 6. The van der Waals surface area contributed by atoms with Crippen LogP contribution in [0.25, 0.3) is 0 Å². The largest absolute Gasteiger partial charge is 0.496 e. The highest BCUT2D eigenvalue weighted by atomic mass is 16.5. The Bertz CT molecular complexity index is 781. The Morgan fingerprint density at radius 3 is 2.63 bits per heavy atom. The Labute approximate surface area is 160 Å². The van der Waals surface area contributed by atoms with Crippen LogP contribution >= 0.6 is 0 Å². The molecule has 1 fully saturated rings. The Hall–Kier alpha value is -2.38. The van der Waals surface area contributed by atoms with Gasteiger partial charge in [0.2, 0.25) is 11.8 Å². The number of amides is 1. The fourth-order valence-corrected chi connectivity index (χ4v) is 3.39. The molecule has 1 saturated heterocycles. The quantitative estimate of drug-likeness (QED) is 0.840. The van der Waals surface area contributed by atoms with Crippen LogP contribution in [0.5, 0.6) is 5.75 Å². The molecule has 3 rings (SSSR count). The van der Waals surface area contributed by atoms with Crippen LogP contribution < -0.4 is 10.1 Å². The first-order valence-corrected chi connectivity index (χ1v) is 9.30. The van der Waals surface area contributed by atoms with Crippen molar-refractivity contribution in [3.63, 3.8) is 0 Å². The molecule has 1 amide bonds. The normalized spacial score (nSPS) is 16.9. The first kappa shape index (κ1) is 19.4. The van der Waals surface area contributed by atoms with Crippen molar-refractivity contribution in [2.24, 2.45) is 0 Å². The third-order valence-corrected chi connectivity index (χ3v) is 5.04. The van der Waals surface area contributed by atoms with Crippen molar-refractivity contribution in [3.8, 4) is 5.75 Å². The van der Waals surface area contributed by atoms with Crippen LogP contribution in [0, 0.1) is 13.8 Å². The van der Waals surface area contributed by atoms with Crippen molar-refractivity contribution in [1.29, 1.82) is 0 Å². The SMILES string of the molecule is COc1ccc(C)cc1CN1CCN(C(C)C(=O)Nc2cc(C)no2)CC1. The van der Waals surface area contributed by atoms with Crippen LogP contribution in [0.1, 0.15) is 23.7 Å². The summed E-state index contributed by atoms with van der Waals surface area (Å²) in [5, 5.41) is 6.58. The van der Waals surface area contributed by atoms with E-state index in [0.717, 1.165) is 44.2 Å². The maximum atomic E-state index is 12.4. The molecule has 1 N–H and O–H groups in total. The van der Waals surface area contributed by atoms with Crippen molar-refractivity contribution in [3.05, 3.63) is 41.1 Å². The van der Waals surface area contributed by atoms with E-state index in [-0.39, 0.29) is 11.9 Å². The molecule has 1 aliphatic rings. The summed E-state index contributed by atoms with van der Waals surface area (Å²) < 4.78 is 10.6. The van der Waals surface area contributed by atoms with Crippen molar-refractivity contribution >= 4 is 11.8 Å². The van der Waals surface area contributed by atoms with E-state index in [1.807, 2.05) is 19.9 Å². The summed E-state index contributed by atoms with van der Waals surface area (Å²) in [6, 6.07) is 7.78. The number of rotatable bonds is 6. The smallest absolute Gasteiger partial charge is 0.243 e. The van der Waals surface area contributed by atoms with E-state index in [1.54, 1.807) is 13.2 Å². The topological polar surface area (TPSA) is 70.8 Å². The lowest BCUT2D eigenvalue weighted by molar-refractivity contribution is -0.121. The Morgan fingerprint density at radius 1 is 1.26 bits per heavy atom. The van der Waals surface area contributed by atoms with Gasteiger partial charge in [-0.05, 0) is 26.8 Å². The zero-order valence-corrected chi connectivity index (χ0v) is 16.5. The third kappa shape index (κ3) is 4.87. The lowest BCUT2D eigenvalue weighted by Crippen LogP contribution is -2.52. The predicted octanol–water partition coefficient (Wildman–Crippen LogP) is 2.44. The first-order valence-electron chi connectivity index (χ1n) is 9.30. The highest BCUT2D eigenvalue weighted by Gasteiger charge is 2.26. The summed E-state index contributed by atoms with van der Waals surface area (Å²) in [4.78, 5) is 17.0. The van der Waals surface area contributed by atoms with E-state index < -0.39 is 0 Å². The number of ether oxygens (including phenoxy) is 1. The van der Waals surface area contributed by atoms with Gasteiger partial charge in [0.15, 0.2) is 0 Å². The molecule has 0 bridgehead atoms. The van der Waals surface area contributed by atoms with Gasteiger partial charge in [0.1, 0.15) is 5.75 Å².